The lowest BCUT2D eigenvalue weighted by Gasteiger charge is -1.88. The van der Waals surface area contributed by atoms with Crippen molar-refractivity contribution in [2.75, 3.05) is 0 Å². The highest BCUT2D eigenvalue weighted by Gasteiger charge is 2.06. The molecule has 5 nitrogen and oxygen atoms in total. The van der Waals surface area contributed by atoms with Crippen LogP contribution in [0.4, 0.5) is 0 Å². The molecule has 0 atom stereocenters. The minimum atomic E-state index is -0.500. The minimum Gasteiger partial charge on any atom is -0.284 e. The van der Waals surface area contributed by atoms with Crippen LogP contribution in [0.2, 0.25) is 0 Å². The van der Waals surface area contributed by atoms with E-state index < -0.39 is 5.78 Å². The summed E-state index contributed by atoms with van der Waals surface area (Å²) in [6, 6.07) is 0. The molecule has 0 saturated carbocycles. The molecule has 5 heteroatoms. The van der Waals surface area contributed by atoms with Crippen LogP contribution in [0.25, 0.3) is 0 Å². The molecular formula is C3H2N4O. The molecule has 0 aromatic rings. The Kier molecular flexibility index (Phi) is 0.957. The topological polar surface area (TPSA) is 78.0 Å². The molecule has 0 spiro atoms. The molecular weight excluding hydrogens is 108 g/mol. The summed E-state index contributed by atoms with van der Waals surface area (Å²) in [5.41, 5.74) is 0. The third-order valence-corrected chi connectivity index (χ3v) is 0.605. The third kappa shape index (κ3) is 0.651. The molecule has 0 fully saturated rings. The van der Waals surface area contributed by atoms with Gasteiger partial charge in [-0.15, -0.1) is 10.2 Å². The van der Waals surface area contributed by atoms with Crippen molar-refractivity contribution in [3.63, 3.8) is 0 Å². The zero-order chi connectivity index (χ0) is 5.98. The number of ketones is 1. The molecule has 0 aliphatic carbocycles. The largest absolute Gasteiger partial charge is 0.284 e. The van der Waals surface area contributed by atoms with Gasteiger partial charge in [-0.05, 0) is 5.22 Å². The average molecular weight is 110 g/mol. The molecule has 0 radical (unpaired) electrons. The van der Waals surface area contributed by atoms with Gasteiger partial charge in [0.05, 0.1) is 0 Å². The van der Waals surface area contributed by atoms with E-state index in [9.17, 15) is 4.79 Å². The highest BCUT2D eigenvalue weighted by Crippen LogP contribution is 1.87. The fraction of sp³-hybridized carbons (Fsp3) is 0. The zero-order valence-electron chi connectivity index (χ0n) is 3.83. The SMILES string of the molecule is N=C1N=NN=CC1=O. The Bertz CT molecular complexity index is 169. The van der Waals surface area contributed by atoms with Crippen molar-refractivity contribution in [2.24, 2.45) is 15.4 Å². The van der Waals surface area contributed by atoms with E-state index in [1.54, 1.807) is 0 Å². The first-order valence-electron chi connectivity index (χ1n) is 1.87. The van der Waals surface area contributed by atoms with Gasteiger partial charge in [-0.3, -0.25) is 10.2 Å². The van der Waals surface area contributed by atoms with E-state index in [2.05, 4.69) is 15.4 Å². The Balaban J connectivity index is 2.89. The lowest BCUT2D eigenvalue weighted by Crippen LogP contribution is -2.12. The van der Waals surface area contributed by atoms with Gasteiger partial charge in [-0.25, -0.2) is 0 Å². The Morgan fingerprint density at radius 2 is 2.38 bits per heavy atom. The summed E-state index contributed by atoms with van der Waals surface area (Å²) in [6.07, 6.45) is 0.954. The first-order valence-corrected chi connectivity index (χ1v) is 1.87. The highest BCUT2D eigenvalue weighted by atomic mass is 16.1. The van der Waals surface area contributed by atoms with Crippen molar-refractivity contribution in [1.82, 2.24) is 0 Å². The van der Waals surface area contributed by atoms with Crippen LogP contribution in [-0.2, 0) is 4.79 Å². The first kappa shape index (κ1) is 4.76. The van der Waals surface area contributed by atoms with E-state index >= 15 is 0 Å². The Morgan fingerprint density at radius 3 is 2.75 bits per heavy atom. The lowest BCUT2D eigenvalue weighted by molar-refractivity contribution is -0.107. The number of amidine groups is 1. The molecule has 1 rings (SSSR count). The number of hydrogen-bond acceptors (Lipinski definition) is 4. The van der Waals surface area contributed by atoms with Gasteiger partial charge in [-0.1, -0.05) is 0 Å². The Hall–Kier alpha value is -1.39. The summed E-state index contributed by atoms with van der Waals surface area (Å²) in [5, 5.41) is 16.0. The van der Waals surface area contributed by atoms with Crippen LogP contribution in [0.1, 0.15) is 0 Å². The van der Waals surface area contributed by atoms with Gasteiger partial charge in [-0.2, -0.15) is 0 Å². The first-order chi connectivity index (χ1) is 3.80. The van der Waals surface area contributed by atoms with Gasteiger partial charge in [0, 0.05) is 0 Å². The summed E-state index contributed by atoms with van der Waals surface area (Å²) in [7, 11) is 0. The van der Waals surface area contributed by atoms with E-state index in [0.29, 0.717) is 0 Å². The summed E-state index contributed by atoms with van der Waals surface area (Å²) in [4.78, 5) is 10.3. The van der Waals surface area contributed by atoms with Crippen LogP contribution in [0.3, 0.4) is 0 Å². The van der Waals surface area contributed by atoms with Crippen LogP contribution >= 0.6 is 0 Å². The average Bonchev–Trinajstić information content (AvgIpc) is 1.77. The maximum absolute atomic E-state index is 10.3. The number of nitrogens with one attached hydrogen (secondary N) is 1. The summed E-state index contributed by atoms with van der Waals surface area (Å²) < 4.78 is 0. The Morgan fingerprint density at radius 1 is 1.62 bits per heavy atom. The fourth-order valence-corrected chi connectivity index (χ4v) is 0.259. The second-order valence-electron chi connectivity index (χ2n) is 1.15. The summed E-state index contributed by atoms with van der Waals surface area (Å²) in [6.45, 7) is 0. The van der Waals surface area contributed by atoms with E-state index in [1.807, 2.05) is 0 Å². The fourth-order valence-electron chi connectivity index (χ4n) is 0.259. The number of Topliss-reactive ketones (excluding diaryl/α,β-unsaturated/α-hetero) is 1. The van der Waals surface area contributed by atoms with Crippen molar-refractivity contribution in [3.05, 3.63) is 0 Å². The molecule has 0 amide bonds. The van der Waals surface area contributed by atoms with Crippen molar-refractivity contribution < 1.29 is 4.79 Å². The zero-order valence-corrected chi connectivity index (χ0v) is 3.83. The molecule has 40 valence electrons. The molecule has 8 heavy (non-hydrogen) atoms. The molecule has 0 unspecified atom stereocenters. The monoisotopic (exact) mass is 110 g/mol. The standard InChI is InChI=1S/C3H2N4O/c4-3-2(8)1-5-7-6-3/h1,4H. The van der Waals surface area contributed by atoms with Crippen LogP contribution in [0.5, 0.6) is 0 Å². The second-order valence-corrected chi connectivity index (χ2v) is 1.15. The maximum Gasteiger partial charge on any atom is 0.244 e. The molecule has 1 N–H and O–H groups in total. The van der Waals surface area contributed by atoms with Crippen molar-refractivity contribution in [2.45, 2.75) is 0 Å². The smallest absolute Gasteiger partial charge is 0.244 e. The van der Waals surface area contributed by atoms with Gasteiger partial charge < -0.3 is 0 Å². The van der Waals surface area contributed by atoms with Crippen molar-refractivity contribution in [1.29, 1.82) is 5.41 Å². The lowest BCUT2D eigenvalue weighted by atomic mass is 10.4. The van der Waals surface area contributed by atoms with Gasteiger partial charge in [0.1, 0.15) is 6.21 Å². The molecule has 0 aromatic heterocycles. The van der Waals surface area contributed by atoms with Crippen LogP contribution in [0.15, 0.2) is 15.4 Å². The van der Waals surface area contributed by atoms with Gasteiger partial charge in [0.25, 0.3) is 0 Å². The molecule has 1 aliphatic rings. The number of rotatable bonds is 0. The van der Waals surface area contributed by atoms with E-state index in [0.717, 1.165) is 6.21 Å². The predicted octanol–water partition coefficient (Wildman–Crippen LogP) is -0.0156. The Labute approximate surface area is 44.6 Å². The minimum absolute atomic E-state index is 0.361. The van der Waals surface area contributed by atoms with E-state index in [-0.39, 0.29) is 5.84 Å². The van der Waals surface area contributed by atoms with E-state index in [4.69, 9.17) is 5.41 Å². The summed E-state index contributed by atoms with van der Waals surface area (Å²) in [5.74, 6) is -0.861. The predicted molar refractivity (Wildman–Crippen MR) is 26.1 cm³/mol. The molecule has 0 bridgehead atoms. The molecule has 0 saturated heterocycles. The molecule has 1 heterocycles. The highest BCUT2D eigenvalue weighted by molar-refractivity contribution is 6.59. The second kappa shape index (κ2) is 1.61. The quantitative estimate of drug-likeness (QED) is 0.467. The van der Waals surface area contributed by atoms with Crippen LogP contribution in [0, 0.1) is 5.41 Å². The van der Waals surface area contributed by atoms with Crippen LogP contribution in [-0.4, -0.2) is 17.8 Å². The van der Waals surface area contributed by atoms with E-state index in [1.165, 1.54) is 0 Å². The van der Waals surface area contributed by atoms with Crippen molar-refractivity contribution in [3.8, 4) is 0 Å². The van der Waals surface area contributed by atoms with Crippen LogP contribution < -0.4 is 0 Å². The van der Waals surface area contributed by atoms with Gasteiger partial charge in [0.15, 0.2) is 0 Å². The third-order valence-electron chi connectivity index (χ3n) is 0.605. The molecule has 1 aliphatic heterocycles. The number of nitrogens with zero attached hydrogens (tertiary/aromatic N) is 3. The number of hydrogen-bond donors (Lipinski definition) is 1. The normalized spacial score (nSPS) is 17.5. The van der Waals surface area contributed by atoms with Gasteiger partial charge in [0.2, 0.25) is 11.6 Å². The summed E-state index contributed by atoms with van der Waals surface area (Å²) >= 11 is 0. The number of carbonyl (C=O) groups excluding carboxylic acids is 1. The van der Waals surface area contributed by atoms with Gasteiger partial charge >= 0.3 is 0 Å². The molecule has 0 aromatic carbocycles. The van der Waals surface area contributed by atoms with Crippen molar-refractivity contribution >= 4 is 17.8 Å². The number of carbonyl (C=O) groups is 1. The maximum atomic E-state index is 10.3.